The van der Waals surface area contributed by atoms with Crippen molar-refractivity contribution in [1.29, 1.82) is 0 Å². The number of aromatic nitrogens is 3. The number of methoxy groups -OCH3 is 1. The molecule has 0 aliphatic heterocycles. The average Bonchev–Trinajstić information content (AvgIpc) is 2.55. The first-order valence-corrected chi connectivity index (χ1v) is 7.35. The van der Waals surface area contributed by atoms with Crippen LogP contribution in [0, 0.1) is 0 Å². The molecule has 0 bridgehead atoms. The molecule has 0 radical (unpaired) electrons. The summed E-state index contributed by atoms with van der Waals surface area (Å²) in [7, 11) is 3.55. The van der Waals surface area contributed by atoms with E-state index in [9.17, 15) is 0 Å². The molecule has 0 saturated heterocycles. The summed E-state index contributed by atoms with van der Waals surface area (Å²) in [6, 6.07) is 3.88. The highest BCUT2D eigenvalue weighted by Crippen LogP contribution is 2.25. The van der Waals surface area contributed by atoms with E-state index in [1.54, 1.807) is 7.11 Å². The van der Waals surface area contributed by atoms with Crippen molar-refractivity contribution >= 4 is 5.82 Å². The van der Waals surface area contributed by atoms with Gasteiger partial charge in [-0.15, -0.1) is 0 Å². The number of fused-ring (bicyclic) bond motifs is 1. The standard InChI is InChI=1S/C16H20N4O/c1-17-16-12-5-3-4-6-13(12)19-14(20-16)9-11-7-8-15(21-2)18-10-11/h7-8,10H,3-6,9H2,1-2H3,(H,17,19,20). The fraction of sp³-hybridized carbons (Fsp3) is 0.438. The molecule has 0 saturated carbocycles. The van der Waals surface area contributed by atoms with Gasteiger partial charge in [-0.1, -0.05) is 6.07 Å². The summed E-state index contributed by atoms with van der Waals surface area (Å²) in [4.78, 5) is 13.6. The van der Waals surface area contributed by atoms with Gasteiger partial charge in [-0.2, -0.15) is 0 Å². The molecule has 0 spiro atoms. The van der Waals surface area contributed by atoms with Gasteiger partial charge in [0.05, 0.1) is 7.11 Å². The summed E-state index contributed by atoms with van der Waals surface area (Å²) in [5.41, 5.74) is 3.59. The fourth-order valence-corrected chi connectivity index (χ4v) is 2.75. The van der Waals surface area contributed by atoms with Gasteiger partial charge < -0.3 is 10.1 Å². The Balaban J connectivity index is 1.87. The van der Waals surface area contributed by atoms with Gasteiger partial charge in [0.1, 0.15) is 11.6 Å². The zero-order chi connectivity index (χ0) is 14.7. The second-order valence-electron chi connectivity index (χ2n) is 5.26. The molecule has 0 unspecified atom stereocenters. The number of hydrogen-bond acceptors (Lipinski definition) is 5. The highest BCUT2D eigenvalue weighted by atomic mass is 16.5. The number of nitrogens with one attached hydrogen (secondary N) is 1. The highest BCUT2D eigenvalue weighted by Gasteiger charge is 2.17. The summed E-state index contributed by atoms with van der Waals surface area (Å²) in [6.45, 7) is 0. The first kappa shape index (κ1) is 13.8. The second-order valence-corrected chi connectivity index (χ2v) is 5.26. The van der Waals surface area contributed by atoms with Crippen molar-refractivity contribution in [3.8, 4) is 5.88 Å². The van der Waals surface area contributed by atoms with Crippen LogP contribution >= 0.6 is 0 Å². The maximum atomic E-state index is 5.08. The van der Waals surface area contributed by atoms with Crippen LogP contribution < -0.4 is 10.1 Å². The second kappa shape index (κ2) is 6.08. The lowest BCUT2D eigenvalue weighted by Crippen LogP contribution is -2.13. The third kappa shape index (κ3) is 2.96. The Bertz CT molecular complexity index is 608. The topological polar surface area (TPSA) is 59.9 Å². The molecular formula is C16H20N4O. The third-order valence-electron chi connectivity index (χ3n) is 3.84. The SMILES string of the molecule is CNc1nc(Cc2ccc(OC)nc2)nc2c1CCCC2. The van der Waals surface area contributed by atoms with Crippen LogP contribution in [0.25, 0.3) is 0 Å². The van der Waals surface area contributed by atoms with E-state index in [1.807, 2.05) is 25.4 Å². The molecule has 0 atom stereocenters. The third-order valence-corrected chi connectivity index (χ3v) is 3.84. The summed E-state index contributed by atoms with van der Waals surface area (Å²) in [6.07, 6.45) is 7.10. The van der Waals surface area contributed by atoms with Crippen molar-refractivity contribution in [3.63, 3.8) is 0 Å². The normalized spacial score (nSPS) is 13.6. The van der Waals surface area contributed by atoms with Crippen molar-refractivity contribution in [1.82, 2.24) is 15.0 Å². The molecule has 0 fully saturated rings. The van der Waals surface area contributed by atoms with Crippen LogP contribution in [-0.4, -0.2) is 29.1 Å². The number of anilines is 1. The molecule has 2 aromatic heterocycles. The van der Waals surface area contributed by atoms with E-state index in [0.29, 0.717) is 12.3 Å². The molecule has 5 heteroatoms. The van der Waals surface area contributed by atoms with Crippen molar-refractivity contribution in [3.05, 3.63) is 41.0 Å². The Morgan fingerprint density at radius 3 is 2.76 bits per heavy atom. The summed E-state index contributed by atoms with van der Waals surface area (Å²) in [5.74, 6) is 2.46. The molecule has 1 aliphatic carbocycles. The largest absolute Gasteiger partial charge is 0.481 e. The van der Waals surface area contributed by atoms with E-state index in [-0.39, 0.29) is 0 Å². The van der Waals surface area contributed by atoms with Crippen molar-refractivity contribution in [2.24, 2.45) is 0 Å². The monoisotopic (exact) mass is 284 g/mol. The lowest BCUT2D eigenvalue weighted by molar-refractivity contribution is 0.397. The predicted molar refractivity (Wildman–Crippen MR) is 81.8 cm³/mol. The van der Waals surface area contributed by atoms with E-state index in [4.69, 9.17) is 9.72 Å². The molecule has 1 N–H and O–H groups in total. The highest BCUT2D eigenvalue weighted by molar-refractivity contribution is 5.47. The van der Waals surface area contributed by atoms with Crippen LogP contribution in [0.15, 0.2) is 18.3 Å². The van der Waals surface area contributed by atoms with Crippen LogP contribution in [0.3, 0.4) is 0 Å². The lowest BCUT2D eigenvalue weighted by Gasteiger charge is -2.18. The molecule has 0 aromatic carbocycles. The van der Waals surface area contributed by atoms with E-state index in [1.165, 1.54) is 24.1 Å². The minimum absolute atomic E-state index is 0.626. The molecule has 1 aliphatic rings. The van der Waals surface area contributed by atoms with Gasteiger partial charge in [0.15, 0.2) is 0 Å². The Morgan fingerprint density at radius 1 is 1.19 bits per heavy atom. The van der Waals surface area contributed by atoms with E-state index >= 15 is 0 Å². The van der Waals surface area contributed by atoms with Gasteiger partial charge in [-0.05, 0) is 31.2 Å². The number of ether oxygens (including phenoxy) is 1. The van der Waals surface area contributed by atoms with Gasteiger partial charge in [-0.25, -0.2) is 15.0 Å². The Labute approximate surface area is 124 Å². The number of hydrogen-bond donors (Lipinski definition) is 1. The first-order valence-electron chi connectivity index (χ1n) is 7.35. The van der Waals surface area contributed by atoms with Crippen molar-refractivity contribution in [2.75, 3.05) is 19.5 Å². The zero-order valence-corrected chi connectivity index (χ0v) is 12.5. The van der Waals surface area contributed by atoms with Crippen LogP contribution in [0.2, 0.25) is 0 Å². The molecule has 110 valence electrons. The number of aryl methyl sites for hydroxylation is 1. The van der Waals surface area contributed by atoms with Crippen LogP contribution in [-0.2, 0) is 19.3 Å². The zero-order valence-electron chi connectivity index (χ0n) is 12.5. The minimum atomic E-state index is 0.626. The average molecular weight is 284 g/mol. The van der Waals surface area contributed by atoms with Gasteiger partial charge >= 0.3 is 0 Å². The molecular weight excluding hydrogens is 264 g/mol. The van der Waals surface area contributed by atoms with Gasteiger partial charge in [0, 0.05) is 37.0 Å². The van der Waals surface area contributed by atoms with Crippen molar-refractivity contribution < 1.29 is 4.74 Å². The van der Waals surface area contributed by atoms with E-state index in [0.717, 1.165) is 30.0 Å². The Morgan fingerprint density at radius 2 is 2.05 bits per heavy atom. The Hall–Kier alpha value is -2.17. The summed E-state index contributed by atoms with van der Waals surface area (Å²) in [5, 5.41) is 3.21. The molecule has 21 heavy (non-hydrogen) atoms. The number of nitrogens with zero attached hydrogens (tertiary/aromatic N) is 3. The maximum Gasteiger partial charge on any atom is 0.212 e. The van der Waals surface area contributed by atoms with Crippen LogP contribution in [0.1, 0.15) is 35.5 Å². The van der Waals surface area contributed by atoms with Gasteiger partial charge in [-0.3, -0.25) is 0 Å². The molecule has 0 amide bonds. The first-order chi connectivity index (χ1) is 10.3. The van der Waals surface area contributed by atoms with Gasteiger partial charge in [0.25, 0.3) is 0 Å². The Kier molecular flexibility index (Phi) is 3.99. The number of pyridine rings is 1. The van der Waals surface area contributed by atoms with Crippen LogP contribution in [0.4, 0.5) is 5.82 Å². The molecule has 3 rings (SSSR count). The summed E-state index contributed by atoms with van der Waals surface area (Å²) >= 11 is 0. The van der Waals surface area contributed by atoms with Crippen LogP contribution in [0.5, 0.6) is 5.88 Å². The van der Waals surface area contributed by atoms with Crippen molar-refractivity contribution in [2.45, 2.75) is 32.1 Å². The van der Waals surface area contributed by atoms with E-state index < -0.39 is 0 Å². The predicted octanol–water partition coefficient (Wildman–Crippen LogP) is 2.39. The number of rotatable bonds is 4. The van der Waals surface area contributed by atoms with Gasteiger partial charge in [0.2, 0.25) is 5.88 Å². The van der Waals surface area contributed by atoms with E-state index in [2.05, 4.69) is 15.3 Å². The lowest BCUT2D eigenvalue weighted by atomic mass is 9.96. The minimum Gasteiger partial charge on any atom is -0.481 e. The smallest absolute Gasteiger partial charge is 0.212 e. The molecule has 2 aromatic rings. The molecule has 2 heterocycles. The summed E-state index contributed by atoms with van der Waals surface area (Å²) < 4.78 is 5.08. The fourth-order valence-electron chi connectivity index (χ4n) is 2.75. The maximum absolute atomic E-state index is 5.08. The quantitative estimate of drug-likeness (QED) is 0.934. The molecule has 5 nitrogen and oxygen atoms in total.